The molecule has 0 aliphatic rings. The van der Waals surface area contributed by atoms with Gasteiger partial charge in [-0.15, -0.1) is 11.6 Å². The van der Waals surface area contributed by atoms with Crippen molar-refractivity contribution >= 4 is 17.4 Å². The molecule has 16 heavy (non-hydrogen) atoms. The van der Waals surface area contributed by atoms with Crippen LogP contribution in [-0.2, 0) is 5.88 Å². The van der Waals surface area contributed by atoms with Gasteiger partial charge in [0.25, 0.3) is 0 Å². The maximum absolute atomic E-state index is 12.5. The highest BCUT2D eigenvalue weighted by Gasteiger charge is 2.26. The van der Waals surface area contributed by atoms with E-state index in [-0.39, 0.29) is 17.0 Å². The molecule has 5 nitrogen and oxygen atoms in total. The van der Waals surface area contributed by atoms with Crippen LogP contribution in [-0.4, -0.2) is 9.91 Å². The fourth-order valence-corrected chi connectivity index (χ4v) is 1.37. The lowest BCUT2D eigenvalue weighted by atomic mass is 10.1. The molecule has 1 aromatic heterocycles. The second kappa shape index (κ2) is 4.81. The number of alkyl halides is 3. The molecule has 1 aromatic rings. The van der Waals surface area contributed by atoms with E-state index in [9.17, 15) is 18.9 Å². The van der Waals surface area contributed by atoms with Gasteiger partial charge >= 0.3 is 12.2 Å². The van der Waals surface area contributed by atoms with E-state index in [4.69, 9.17) is 16.9 Å². The third-order valence-corrected chi connectivity index (χ3v) is 2.06. The molecule has 0 aromatic carbocycles. The Morgan fingerprint density at radius 1 is 1.69 bits per heavy atom. The number of pyridine rings is 1. The lowest BCUT2D eigenvalue weighted by Crippen LogP contribution is -2.04. The van der Waals surface area contributed by atoms with Gasteiger partial charge in [-0.1, -0.05) is 0 Å². The van der Waals surface area contributed by atoms with Gasteiger partial charge in [0, 0.05) is 5.56 Å². The molecule has 0 unspecified atom stereocenters. The minimum atomic E-state index is -3.01. The van der Waals surface area contributed by atoms with Crippen LogP contribution >= 0.6 is 11.6 Å². The SMILES string of the molecule is N#Cc1cc([N+](=O)[O-])nc(C(F)F)c1CCl. The summed E-state index contributed by atoms with van der Waals surface area (Å²) in [5.74, 6) is -1.14. The maximum atomic E-state index is 12.5. The second-order valence-corrected chi connectivity index (χ2v) is 2.96. The van der Waals surface area contributed by atoms with Crippen molar-refractivity contribution < 1.29 is 13.7 Å². The number of rotatable bonds is 3. The molecule has 0 saturated heterocycles. The summed E-state index contributed by atoms with van der Waals surface area (Å²) in [5, 5.41) is 19.1. The Hall–Kier alpha value is -1.81. The largest absolute Gasteiger partial charge is 0.365 e. The Morgan fingerprint density at radius 3 is 2.69 bits per heavy atom. The third kappa shape index (κ3) is 2.23. The van der Waals surface area contributed by atoms with Gasteiger partial charge in [-0.05, 0) is 9.91 Å². The summed E-state index contributed by atoms with van der Waals surface area (Å²) in [5.41, 5.74) is -1.25. The summed E-state index contributed by atoms with van der Waals surface area (Å²) in [7, 11) is 0. The average molecular weight is 248 g/mol. The van der Waals surface area contributed by atoms with Crippen molar-refractivity contribution in [2.45, 2.75) is 12.3 Å². The van der Waals surface area contributed by atoms with Crippen LogP contribution in [0.1, 0.15) is 23.2 Å². The zero-order valence-electron chi connectivity index (χ0n) is 7.65. The first-order valence-corrected chi connectivity index (χ1v) is 4.47. The molecule has 1 heterocycles. The minimum absolute atomic E-state index is 0.176. The molecule has 0 aliphatic heterocycles. The quantitative estimate of drug-likeness (QED) is 0.467. The van der Waals surface area contributed by atoms with Gasteiger partial charge in [0.1, 0.15) is 0 Å². The molecule has 0 saturated carbocycles. The fraction of sp³-hybridized carbons (Fsp3) is 0.250. The van der Waals surface area contributed by atoms with Crippen LogP contribution in [0.25, 0.3) is 0 Å². The number of halogens is 3. The number of aromatic nitrogens is 1. The first-order valence-electron chi connectivity index (χ1n) is 3.93. The van der Waals surface area contributed by atoms with Gasteiger partial charge in [-0.3, -0.25) is 0 Å². The Balaban J connectivity index is 3.51. The number of hydrogen-bond acceptors (Lipinski definition) is 4. The normalized spacial score (nSPS) is 10.2. The van der Waals surface area contributed by atoms with Gasteiger partial charge < -0.3 is 10.1 Å². The molecule has 0 amide bonds. The molecular formula is C8H4ClF2N3O2. The Kier molecular flexibility index (Phi) is 3.68. The van der Waals surface area contributed by atoms with Gasteiger partial charge in [-0.25, -0.2) is 8.78 Å². The molecular weight excluding hydrogens is 244 g/mol. The summed E-state index contributed by atoms with van der Waals surface area (Å²) in [6.07, 6.45) is -3.01. The predicted octanol–water partition coefficient (Wildman–Crippen LogP) is 2.54. The highest BCUT2D eigenvalue weighted by molar-refractivity contribution is 6.17. The van der Waals surface area contributed by atoms with Crippen LogP contribution in [0.2, 0.25) is 0 Å². The highest BCUT2D eigenvalue weighted by atomic mass is 35.5. The molecule has 0 atom stereocenters. The molecule has 0 spiro atoms. The molecule has 84 valence electrons. The first kappa shape index (κ1) is 12.3. The zero-order valence-corrected chi connectivity index (χ0v) is 8.41. The van der Waals surface area contributed by atoms with Gasteiger partial charge in [0.15, 0.2) is 0 Å². The summed E-state index contributed by atoms with van der Waals surface area (Å²) >= 11 is 5.40. The zero-order chi connectivity index (χ0) is 12.3. The van der Waals surface area contributed by atoms with E-state index in [0.29, 0.717) is 0 Å². The fourth-order valence-electron chi connectivity index (χ4n) is 1.09. The van der Waals surface area contributed by atoms with Crippen LogP contribution < -0.4 is 0 Å². The Morgan fingerprint density at radius 2 is 2.31 bits per heavy atom. The average Bonchev–Trinajstić information content (AvgIpc) is 2.26. The molecule has 8 heteroatoms. The molecule has 0 fully saturated rings. The molecule has 0 bridgehead atoms. The number of nitro groups is 1. The number of nitriles is 1. The van der Waals surface area contributed by atoms with E-state index in [1.165, 1.54) is 0 Å². The second-order valence-electron chi connectivity index (χ2n) is 2.70. The van der Waals surface area contributed by atoms with E-state index in [1.807, 2.05) is 0 Å². The highest BCUT2D eigenvalue weighted by Crippen LogP contribution is 2.27. The monoisotopic (exact) mass is 247 g/mol. The van der Waals surface area contributed by atoms with Crippen molar-refractivity contribution in [1.82, 2.24) is 4.98 Å². The molecule has 0 N–H and O–H groups in total. The van der Waals surface area contributed by atoms with E-state index < -0.39 is 22.9 Å². The van der Waals surface area contributed by atoms with Gasteiger partial charge in [0.05, 0.1) is 23.6 Å². The van der Waals surface area contributed by atoms with E-state index in [0.717, 1.165) is 6.07 Å². The lowest BCUT2D eigenvalue weighted by Gasteiger charge is -2.03. The van der Waals surface area contributed by atoms with Crippen LogP contribution in [0.5, 0.6) is 0 Å². The maximum Gasteiger partial charge on any atom is 0.365 e. The lowest BCUT2D eigenvalue weighted by molar-refractivity contribution is -0.389. The molecule has 0 radical (unpaired) electrons. The first-order chi connectivity index (χ1) is 7.51. The topological polar surface area (TPSA) is 79.8 Å². The van der Waals surface area contributed by atoms with Crippen LogP contribution in [0, 0.1) is 21.4 Å². The van der Waals surface area contributed by atoms with E-state index in [1.54, 1.807) is 6.07 Å². The van der Waals surface area contributed by atoms with Crippen LogP contribution in [0.4, 0.5) is 14.6 Å². The number of nitrogens with zero attached hydrogens (tertiary/aromatic N) is 3. The predicted molar refractivity (Wildman–Crippen MR) is 50.1 cm³/mol. The molecule has 1 rings (SSSR count). The Bertz CT molecular complexity index is 473. The van der Waals surface area contributed by atoms with Crippen molar-refractivity contribution in [3.8, 4) is 6.07 Å². The smallest absolute Gasteiger partial charge is 0.358 e. The number of hydrogen-bond donors (Lipinski definition) is 0. The Labute approximate surface area is 93.4 Å². The summed E-state index contributed by atoms with van der Waals surface area (Å²) in [6.45, 7) is 0. The summed E-state index contributed by atoms with van der Waals surface area (Å²) in [4.78, 5) is 12.6. The van der Waals surface area contributed by atoms with Gasteiger partial charge in [-0.2, -0.15) is 5.26 Å². The van der Waals surface area contributed by atoms with E-state index >= 15 is 0 Å². The summed E-state index contributed by atoms with van der Waals surface area (Å²) < 4.78 is 25.0. The van der Waals surface area contributed by atoms with Crippen molar-refractivity contribution in [3.63, 3.8) is 0 Å². The molecule has 0 aliphatic carbocycles. The standard InChI is InChI=1S/C8H4ClF2N3O2/c9-2-5-4(3-12)1-6(14(15)16)13-7(5)8(10)11/h1,8H,2H2. The minimum Gasteiger partial charge on any atom is -0.358 e. The van der Waals surface area contributed by atoms with Crippen molar-refractivity contribution in [2.24, 2.45) is 0 Å². The van der Waals surface area contributed by atoms with Gasteiger partial charge in [0.2, 0.25) is 5.69 Å². The van der Waals surface area contributed by atoms with Crippen molar-refractivity contribution in [2.75, 3.05) is 0 Å². The van der Waals surface area contributed by atoms with Crippen LogP contribution in [0.15, 0.2) is 6.07 Å². The summed E-state index contributed by atoms with van der Waals surface area (Å²) in [6, 6.07) is 2.40. The van der Waals surface area contributed by atoms with Crippen molar-refractivity contribution in [3.05, 3.63) is 33.0 Å². The third-order valence-electron chi connectivity index (χ3n) is 1.79. The van der Waals surface area contributed by atoms with Crippen LogP contribution in [0.3, 0.4) is 0 Å². The van der Waals surface area contributed by atoms with E-state index in [2.05, 4.69) is 4.98 Å². The van der Waals surface area contributed by atoms with Crippen molar-refractivity contribution in [1.29, 1.82) is 5.26 Å².